The van der Waals surface area contributed by atoms with Gasteiger partial charge in [0.05, 0.1) is 4.90 Å². The average molecular weight is 500 g/mol. The summed E-state index contributed by atoms with van der Waals surface area (Å²) in [5, 5.41) is 11.7. The van der Waals surface area contributed by atoms with E-state index >= 15 is 0 Å². The highest BCUT2D eigenvalue weighted by atomic mass is 32.2. The van der Waals surface area contributed by atoms with E-state index in [1.54, 1.807) is 18.5 Å². The first-order chi connectivity index (χ1) is 16.2. The molecule has 2 aromatic carbocycles. The van der Waals surface area contributed by atoms with Crippen molar-refractivity contribution in [1.29, 1.82) is 0 Å². The van der Waals surface area contributed by atoms with Crippen molar-refractivity contribution in [3.8, 4) is 0 Å². The molecule has 0 radical (unpaired) electrons. The third-order valence-corrected chi connectivity index (χ3v) is 8.98. The van der Waals surface area contributed by atoms with Crippen LogP contribution in [0.15, 0.2) is 69.8 Å². The Hall–Kier alpha value is -2.69. The molecule has 0 bridgehead atoms. The van der Waals surface area contributed by atoms with Crippen LogP contribution in [0, 0.1) is 5.92 Å². The summed E-state index contributed by atoms with van der Waals surface area (Å²) < 4.78 is 29.4. The van der Waals surface area contributed by atoms with Crippen LogP contribution >= 0.6 is 11.8 Å². The van der Waals surface area contributed by atoms with Gasteiger partial charge in [-0.15, -0.1) is 10.2 Å². The molecule has 0 atom stereocenters. The molecule has 1 aliphatic rings. The molecule has 8 nitrogen and oxygen atoms in total. The lowest BCUT2D eigenvalue weighted by atomic mass is 9.97. The molecule has 34 heavy (non-hydrogen) atoms. The first-order valence-electron chi connectivity index (χ1n) is 11.3. The fraction of sp³-hybridized carbons (Fsp3) is 0.375. The quantitative estimate of drug-likeness (QED) is 0.525. The molecule has 10 heteroatoms. The Morgan fingerprint density at radius 2 is 1.71 bits per heavy atom. The molecular weight excluding hydrogens is 470 g/mol. The van der Waals surface area contributed by atoms with Crippen LogP contribution in [0.4, 0.5) is 5.69 Å². The molecular formula is C24H29N5O3S2. The van der Waals surface area contributed by atoms with Crippen LogP contribution in [0.25, 0.3) is 0 Å². The van der Waals surface area contributed by atoms with Gasteiger partial charge < -0.3 is 9.88 Å². The molecule has 1 fully saturated rings. The second kappa shape index (κ2) is 10.3. The number of hydrogen-bond acceptors (Lipinski definition) is 6. The van der Waals surface area contributed by atoms with E-state index in [1.165, 1.54) is 16.1 Å². The number of amides is 1. The van der Waals surface area contributed by atoms with Crippen LogP contribution in [0.2, 0.25) is 0 Å². The molecule has 0 unspecified atom stereocenters. The van der Waals surface area contributed by atoms with Gasteiger partial charge in [-0.25, -0.2) is 8.42 Å². The van der Waals surface area contributed by atoms with Gasteiger partial charge in [0.15, 0.2) is 5.16 Å². The van der Waals surface area contributed by atoms with Crippen LogP contribution in [0.1, 0.15) is 38.2 Å². The molecule has 4 rings (SSSR count). The molecule has 1 amide bonds. The predicted molar refractivity (Wildman–Crippen MR) is 132 cm³/mol. The van der Waals surface area contributed by atoms with Crippen molar-refractivity contribution in [1.82, 2.24) is 19.1 Å². The van der Waals surface area contributed by atoms with Gasteiger partial charge in [0, 0.05) is 36.6 Å². The van der Waals surface area contributed by atoms with Gasteiger partial charge in [-0.2, -0.15) is 4.31 Å². The Morgan fingerprint density at radius 1 is 1.06 bits per heavy atom. The predicted octanol–water partition coefficient (Wildman–Crippen LogP) is 4.13. The van der Waals surface area contributed by atoms with E-state index in [1.807, 2.05) is 48.0 Å². The van der Waals surface area contributed by atoms with E-state index in [4.69, 9.17) is 0 Å². The number of nitrogens with zero attached hydrogens (tertiary/aromatic N) is 4. The van der Waals surface area contributed by atoms with Gasteiger partial charge in [0.25, 0.3) is 0 Å². The zero-order valence-corrected chi connectivity index (χ0v) is 21.1. The van der Waals surface area contributed by atoms with Crippen LogP contribution in [0.5, 0.6) is 0 Å². The van der Waals surface area contributed by atoms with Crippen LogP contribution < -0.4 is 5.32 Å². The Labute approximate surface area is 204 Å². The summed E-state index contributed by atoms with van der Waals surface area (Å²) in [5.41, 5.74) is 1.82. The Kier molecular flexibility index (Phi) is 7.39. The van der Waals surface area contributed by atoms with Crippen molar-refractivity contribution in [2.24, 2.45) is 13.0 Å². The lowest BCUT2D eigenvalue weighted by Gasteiger charge is -2.30. The highest BCUT2D eigenvalue weighted by Gasteiger charge is 2.32. The normalized spacial score (nSPS) is 15.5. The third-order valence-electron chi connectivity index (χ3n) is 6.01. The molecule has 0 aliphatic carbocycles. The SMILES string of the molecule is CC(C)c1ccc(S(=O)(=O)N2CCC(C(=O)Nc3ccc(Sc4nncn4C)cc3)CC2)cc1. The lowest BCUT2D eigenvalue weighted by molar-refractivity contribution is -0.120. The third kappa shape index (κ3) is 5.51. The first kappa shape index (κ1) is 24.4. The Morgan fingerprint density at radius 3 is 2.26 bits per heavy atom. The smallest absolute Gasteiger partial charge is 0.243 e. The summed E-state index contributed by atoms with van der Waals surface area (Å²) in [6.07, 6.45) is 2.64. The zero-order valence-electron chi connectivity index (χ0n) is 19.5. The van der Waals surface area contributed by atoms with Crippen LogP contribution in [-0.4, -0.2) is 46.5 Å². The van der Waals surface area contributed by atoms with Gasteiger partial charge in [-0.3, -0.25) is 4.79 Å². The van der Waals surface area contributed by atoms with Gasteiger partial charge >= 0.3 is 0 Å². The number of nitrogens with one attached hydrogen (secondary N) is 1. The summed E-state index contributed by atoms with van der Waals surface area (Å²) in [7, 11) is -1.67. The van der Waals surface area contributed by atoms with Crippen LogP contribution in [-0.2, 0) is 21.9 Å². The number of hydrogen-bond donors (Lipinski definition) is 1. The fourth-order valence-corrected chi connectivity index (χ4v) is 6.08. The number of carbonyl (C=O) groups is 1. The molecule has 1 N–H and O–H groups in total. The summed E-state index contributed by atoms with van der Waals surface area (Å²) >= 11 is 1.49. The van der Waals surface area contributed by atoms with E-state index in [9.17, 15) is 13.2 Å². The minimum atomic E-state index is -3.55. The van der Waals surface area contributed by atoms with Crippen molar-refractivity contribution in [3.05, 3.63) is 60.4 Å². The standard InChI is InChI=1S/C24H29N5O3S2/c1-17(2)18-4-10-22(11-5-18)34(31,32)29-14-12-19(13-15-29)23(30)26-20-6-8-21(9-7-20)33-24-27-25-16-28(24)3/h4-11,16-17,19H,12-15H2,1-3H3,(H,26,30). The Balaban J connectivity index is 1.31. The van der Waals surface area contributed by atoms with Crippen molar-refractivity contribution in [2.45, 2.75) is 47.6 Å². The van der Waals surface area contributed by atoms with Gasteiger partial charge in [0.1, 0.15) is 6.33 Å². The number of anilines is 1. The van der Waals surface area contributed by atoms with E-state index in [2.05, 4.69) is 29.4 Å². The highest BCUT2D eigenvalue weighted by molar-refractivity contribution is 7.99. The second-order valence-electron chi connectivity index (χ2n) is 8.74. The minimum Gasteiger partial charge on any atom is -0.326 e. The number of sulfonamides is 1. The molecule has 2 heterocycles. The highest BCUT2D eigenvalue weighted by Crippen LogP contribution is 2.28. The van der Waals surface area contributed by atoms with E-state index in [-0.39, 0.29) is 11.8 Å². The lowest BCUT2D eigenvalue weighted by Crippen LogP contribution is -2.41. The van der Waals surface area contributed by atoms with Crippen molar-refractivity contribution >= 4 is 33.4 Å². The summed E-state index contributed by atoms with van der Waals surface area (Å²) in [6.45, 7) is 4.82. The topological polar surface area (TPSA) is 97.2 Å². The molecule has 180 valence electrons. The number of aromatic nitrogens is 3. The van der Waals surface area contributed by atoms with Crippen molar-refractivity contribution < 1.29 is 13.2 Å². The summed E-state index contributed by atoms with van der Waals surface area (Å²) in [5.74, 6) is 0.0495. The fourth-order valence-electron chi connectivity index (χ4n) is 3.85. The van der Waals surface area contributed by atoms with E-state index in [0.29, 0.717) is 42.4 Å². The number of carbonyl (C=O) groups excluding carboxylic acids is 1. The molecule has 1 aromatic heterocycles. The zero-order chi connectivity index (χ0) is 24.3. The number of piperidine rings is 1. The van der Waals surface area contributed by atoms with Gasteiger partial charge in [-0.05, 0) is 72.5 Å². The Bertz CT molecular complexity index is 1230. The molecule has 1 saturated heterocycles. The van der Waals surface area contributed by atoms with Gasteiger partial charge in [-0.1, -0.05) is 26.0 Å². The largest absolute Gasteiger partial charge is 0.326 e. The average Bonchev–Trinajstić information content (AvgIpc) is 3.24. The molecule has 3 aromatic rings. The van der Waals surface area contributed by atoms with E-state index < -0.39 is 10.0 Å². The summed E-state index contributed by atoms with van der Waals surface area (Å²) in [6, 6.07) is 14.7. The number of rotatable bonds is 7. The first-order valence-corrected chi connectivity index (χ1v) is 13.5. The maximum absolute atomic E-state index is 13.0. The maximum Gasteiger partial charge on any atom is 0.243 e. The van der Waals surface area contributed by atoms with Crippen LogP contribution in [0.3, 0.4) is 0 Å². The van der Waals surface area contributed by atoms with Crippen molar-refractivity contribution in [3.63, 3.8) is 0 Å². The van der Waals surface area contributed by atoms with Gasteiger partial charge in [0.2, 0.25) is 15.9 Å². The second-order valence-corrected chi connectivity index (χ2v) is 11.7. The summed E-state index contributed by atoms with van der Waals surface area (Å²) in [4.78, 5) is 14.1. The molecule has 0 spiro atoms. The van der Waals surface area contributed by atoms with E-state index in [0.717, 1.165) is 15.6 Å². The monoisotopic (exact) mass is 499 g/mol. The number of benzene rings is 2. The maximum atomic E-state index is 13.0. The minimum absolute atomic E-state index is 0.0768. The molecule has 1 aliphatic heterocycles. The number of aryl methyl sites for hydroxylation is 1. The van der Waals surface area contributed by atoms with Crippen molar-refractivity contribution in [2.75, 3.05) is 18.4 Å². The molecule has 0 saturated carbocycles.